The third-order valence-corrected chi connectivity index (χ3v) is 7.37. The lowest BCUT2D eigenvalue weighted by Gasteiger charge is -2.32. The van der Waals surface area contributed by atoms with Crippen LogP contribution in [0.25, 0.3) is 11.1 Å². The summed E-state index contributed by atoms with van der Waals surface area (Å²) < 4.78 is 49.8. The molecule has 2 aromatic rings. The number of alkyl halides is 3. The van der Waals surface area contributed by atoms with Gasteiger partial charge in [0.15, 0.2) is 0 Å². The van der Waals surface area contributed by atoms with E-state index in [1.54, 1.807) is 6.07 Å². The first-order valence-electron chi connectivity index (χ1n) is 13.1. The molecule has 2 N–H and O–H groups in total. The number of likely N-dealkylation sites (tertiary alicyclic amines) is 1. The van der Waals surface area contributed by atoms with Crippen molar-refractivity contribution in [1.29, 1.82) is 0 Å². The summed E-state index contributed by atoms with van der Waals surface area (Å²) in [6.45, 7) is 5.00. The number of carbonyl (C=O) groups is 1. The molecule has 1 aromatic heterocycles. The number of hydrogen-bond donors (Lipinski definition) is 2. The summed E-state index contributed by atoms with van der Waals surface area (Å²) in [5.74, 6) is 0.671. The first-order valence-corrected chi connectivity index (χ1v) is 13.1. The van der Waals surface area contributed by atoms with Crippen molar-refractivity contribution < 1.29 is 32.5 Å². The predicted molar refractivity (Wildman–Crippen MR) is 136 cm³/mol. The number of aliphatic hydroxyl groups excluding tert-OH is 1. The number of aryl methyl sites for hydroxylation is 1. The zero-order valence-electron chi connectivity index (χ0n) is 21.3. The molecule has 8 nitrogen and oxygen atoms in total. The molecule has 1 atom stereocenters. The van der Waals surface area contributed by atoms with Gasteiger partial charge in [0.2, 0.25) is 5.88 Å². The number of carbonyl (C=O) groups excluding carboxylic acids is 1. The van der Waals surface area contributed by atoms with Gasteiger partial charge < -0.3 is 29.7 Å². The van der Waals surface area contributed by atoms with Gasteiger partial charge >= 0.3 is 12.2 Å². The largest absolute Gasteiger partial charge is 0.474 e. The van der Waals surface area contributed by atoms with Gasteiger partial charge in [0.05, 0.1) is 19.3 Å². The fourth-order valence-corrected chi connectivity index (χ4v) is 5.19. The van der Waals surface area contributed by atoms with Crippen LogP contribution in [-0.4, -0.2) is 78.8 Å². The van der Waals surface area contributed by atoms with E-state index >= 15 is 0 Å². The van der Waals surface area contributed by atoms with E-state index in [1.807, 2.05) is 31.2 Å². The third-order valence-electron chi connectivity index (χ3n) is 7.37. The highest BCUT2D eigenvalue weighted by molar-refractivity contribution is 5.90. The highest BCUT2D eigenvalue weighted by atomic mass is 19.4. The first kappa shape index (κ1) is 26.6. The second-order valence-electron chi connectivity index (χ2n) is 10.4. The lowest BCUT2D eigenvalue weighted by Crippen LogP contribution is -2.38. The minimum absolute atomic E-state index is 0.0846. The molecule has 11 heteroatoms. The Kier molecular flexibility index (Phi) is 7.67. The van der Waals surface area contributed by atoms with E-state index in [2.05, 4.69) is 10.2 Å². The topological polar surface area (TPSA) is 87.2 Å². The Hall–Kier alpha value is -3.05. The van der Waals surface area contributed by atoms with Crippen LogP contribution in [0.5, 0.6) is 5.88 Å². The fourth-order valence-electron chi connectivity index (χ4n) is 5.19. The number of rotatable bonds is 6. The van der Waals surface area contributed by atoms with Crippen molar-refractivity contribution in [3.63, 3.8) is 0 Å². The average molecular weight is 535 g/mol. The number of ether oxygens (including phenoxy) is 2. The van der Waals surface area contributed by atoms with E-state index < -0.39 is 24.5 Å². The fraction of sp³-hybridized carbons (Fsp3) is 0.556. The van der Waals surface area contributed by atoms with Gasteiger partial charge in [-0.05, 0) is 54.2 Å². The number of urea groups is 1. The summed E-state index contributed by atoms with van der Waals surface area (Å²) >= 11 is 0. The van der Waals surface area contributed by atoms with Crippen LogP contribution in [0, 0.1) is 12.8 Å². The minimum Gasteiger partial charge on any atom is -0.474 e. The molecule has 0 bridgehead atoms. The van der Waals surface area contributed by atoms with E-state index in [0.717, 1.165) is 22.5 Å². The number of aromatic nitrogens is 1. The zero-order valence-corrected chi connectivity index (χ0v) is 21.3. The van der Waals surface area contributed by atoms with Crippen LogP contribution in [0.3, 0.4) is 0 Å². The standard InChI is InChI=1S/C27H33F3N4O4/c1-17-2-3-20(31-26(36)34-5-4-18(16-34)15-27(28,29)30)12-23(17)19-10-24(33-6-8-37-9-7-33)32-25(11-19)38-22-13-21(35)14-22/h2-3,10-12,18,21-22,35H,4-9,13-16H2,1H3,(H,31,36)/t18-,21?,22?/m0/s1. The van der Waals surface area contributed by atoms with Crippen molar-refractivity contribution in [3.8, 4) is 17.0 Å². The molecule has 1 saturated carbocycles. The number of nitrogens with zero attached hydrogens (tertiary/aromatic N) is 3. The van der Waals surface area contributed by atoms with E-state index in [9.17, 15) is 23.1 Å². The molecule has 0 unspecified atom stereocenters. The molecule has 2 aliphatic heterocycles. The summed E-state index contributed by atoms with van der Waals surface area (Å²) in [5.41, 5.74) is 3.30. The van der Waals surface area contributed by atoms with Gasteiger partial charge in [0.25, 0.3) is 0 Å². The molecule has 3 fully saturated rings. The van der Waals surface area contributed by atoms with Crippen molar-refractivity contribution in [3.05, 3.63) is 35.9 Å². The lowest BCUT2D eigenvalue weighted by molar-refractivity contribution is -0.143. The molecule has 3 aliphatic rings. The molecule has 0 radical (unpaired) electrons. The second-order valence-corrected chi connectivity index (χ2v) is 10.4. The molecule has 1 aliphatic carbocycles. The van der Waals surface area contributed by atoms with Crippen LogP contribution in [0.1, 0.15) is 31.2 Å². The molecule has 3 heterocycles. The first-order chi connectivity index (χ1) is 18.1. The number of hydrogen-bond acceptors (Lipinski definition) is 6. The van der Waals surface area contributed by atoms with Gasteiger partial charge in [-0.3, -0.25) is 0 Å². The van der Waals surface area contributed by atoms with E-state index in [4.69, 9.17) is 14.5 Å². The Morgan fingerprint density at radius 2 is 1.95 bits per heavy atom. The summed E-state index contributed by atoms with van der Waals surface area (Å²) in [6, 6.07) is 9.01. The third kappa shape index (κ3) is 6.50. The number of nitrogens with one attached hydrogen (secondary N) is 1. The van der Waals surface area contributed by atoms with Crippen molar-refractivity contribution >= 4 is 17.5 Å². The number of aliphatic hydroxyl groups is 1. The molecule has 206 valence electrons. The predicted octanol–water partition coefficient (Wildman–Crippen LogP) is 4.60. The van der Waals surface area contributed by atoms with Gasteiger partial charge in [0.1, 0.15) is 11.9 Å². The molecule has 38 heavy (non-hydrogen) atoms. The van der Waals surface area contributed by atoms with Crippen molar-refractivity contribution in [2.75, 3.05) is 49.6 Å². The molecule has 5 rings (SSSR count). The van der Waals surface area contributed by atoms with Crippen LogP contribution in [0.15, 0.2) is 30.3 Å². The maximum Gasteiger partial charge on any atom is 0.389 e. The van der Waals surface area contributed by atoms with E-state index in [-0.39, 0.29) is 18.8 Å². The van der Waals surface area contributed by atoms with Crippen LogP contribution < -0.4 is 15.0 Å². The molecule has 2 amide bonds. The Morgan fingerprint density at radius 1 is 1.18 bits per heavy atom. The van der Waals surface area contributed by atoms with Crippen LogP contribution >= 0.6 is 0 Å². The van der Waals surface area contributed by atoms with Gasteiger partial charge in [-0.25, -0.2) is 4.79 Å². The van der Waals surface area contributed by atoms with Crippen LogP contribution in [-0.2, 0) is 4.74 Å². The monoisotopic (exact) mass is 534 g/mol. The number of anilines is 2. The minimum atomic E-state index is -4.23. The van der Waals surface area contributed by atoms with Gasteiger partial charge in [0, 0.05) is 57.2 Å². The normalized spacial score (nSPS) is 23.8. The SMILES string of the molecule is Cc1ccc(NC(=O)N2CC[C@@H](CC(F)(F)F)C2)cc1-c1cc(OC2CC(O)C2)nc(N2CCOCC2)c1. The van der Waals surface area contributed by atoms with E-state index in [1.165, 1.54) is 4.90 Å². The Bertz CT molecular complexity index is 1150. The molecular weight excluding hydrogens is 501 g/mol. The van der Waals surface area contributed by atoms with Gasteiger partial charge in [-0.15, -0.1) is 0 Å². The summed E-state index contributed by atoms with van der Waals surface area (Å²) in [5, 5.41) is 12.5. The number of pyridine rings is 1. The molecule has 1 aromatic carbocycles. The van der Waals surface area contributed by atoms with Crippen molar-refractivity contribution in [2.24, 2.45) is 5.92 Å². The highest BCUT2D eigenvalue weighted by Gasteiger charge is 2.36. The Labute approximate surface area is 219 Å². The smallest absolute Gasteiger partial charge is 0.389 e. The summed E-state index contributed by atoms with van der Waals surface area (Å²) in [7, 11) is 0. The van der Waals surface area contributed by atoms with Crippen molar-refractivity contribution in [2.45, 2.75) is 51.0 Å². The van der Waals surface area contributed by atoms with Crippen LogP contribution in [0.4, 0.5) is 29.5 Å². The maximum atomic E-state index is 12.8. The zero-order chi connectivity index (χ0) is 26.9. The number of amides is 2. The van der Waals surface area contributed by atoms with Gasteiger partial charge in [-0.1, -0.05) is 6.07 Å². The average Bonchev–Trinajstić information content (AvgIpc) is 3.31. The van der Waals surface area contributed by atoms with Crippen LogP contribution in [0.2, 0.25) is 0 Å². The lowest BCUT2D eigenvalue weighted by atomic mass is 9.92. The molecule has 2 saturated heterocycles. The maximum absolute atomic E-state index is 12.8. The molecule has 0 spiro atoms. The highest BCUT2D eigenvalue weighted by Crippen LogP contribution is 2.35. The van der Waals surface area contributed by atoms with Gasteiger partial charge in [-0.2, -0.15) is 18.2 Å². The number of halogens is 3. The second kappa shape index (κ2) is 11.0. The van der Waals surface area contributed by atoms with E-state index in [0.29, 0.717) is 63.7 Å². The molecular formula is C27H33F3N4O4. The summed E-state index contributed by atoms with van der Waals surface area (Å²) in [4.78, 5) is 21.1. The summed E-state index contributed by atoms with van der Waals surface area (Å²) in [6.07, 6.45) is -4.05. The number of benzene rings is 1. The number of morpholine rings is 1. The Morgan fingerprint density at radius 3 is 2.66 bits per heavy atom. The Balaban J connectivity index is 1.35. The quantitative estimate of drug-likeness (QED) is 0.563. The van der Waals surface area contributed by atoms with Crippen molar-refractivity contribution in [1.82, 2.24) is 9.88 Å².